The molecule has 1 aliphatic carbocycles. The minimum atomic E-state index is -1.22. The van der Waals surface area contributed by atoms with Crippen LogP contribution in [0.4, 0.5) is 5.82 Å². The average molecular weight is 228 g/mol. The Morgan fingerprint density at radius 1 is 1.29 bits per heavy atom. The number of hydrogen-bond donors (Lipinski definition) is 1. The number of aromatic carboxylic acids is 1. The number of pyridine rings is 2. The Balaban J connectivity index is 1.99. The number of carboxylic acid groups (broad SMARTS) is 1. The fourth-order valence-electron chi connectivity index (χ4n) is 1.65. The van der Waals surface area contributed by atoms with E-state index in [2.05, 4.69) is 15.3 Å². The fourth-order valence-corrected chi connectivity index (χ4v) is 1.65. The predicted octanol–water partition coefficient (Wildman–Crippen LogP) is 0.568. The topological polar surface area (TPSA) is 77.9 Å². The Hall–Kier alpha value is -2.17. The van der Waals surface area contributed by atoms with Gasteiger partial charge in [0.1, 0.15) is 5.82 Å². The molecule has 0 aliphatic heterocycles. The van der Waals surface area contributed by atoms with Gasteiger partial charge in [-0.05, 0) is 18.9 Å². The van der Waals surface area contributed by atoms with Gasteiger partial charge < -0.3 is 15.2 Å². The summed E-state index contributed by atoms with van der Waals surface area (Å²) in [5.41, 5.74) is 0.801. The van der Waals surface area contributed by atoms with Crippen LogP contribution in [0.25, 0.3) is 10.9 Å². The SMILES string of the molecule is O=C([O-])c1cnc2cc(NC3CC3)ncc2c1. The Kier molecular flexibility index (Phi) is 2.18. The third-order valence-electron chi connectivity index (χ3n) is 2.73. The second-order valence-corrected chi connectivity index (χ2v) is 4.19. The molecule has 0 spiro atoms. The van der Waals surface area contributed by atoms with Crippen LogP contribution in [0.3, 0.4) is 0 Å². The van der Waals surface area contributed by atoms with Gasteiger partial charge in [-0.3, -0.25) is 4.98 Å². The summed E-state index contributed by atoms with van der Waals surface area (Å²) in [6, 6.07) is 3.88. The zero-order valence-electron chi connectivity index (χ0n) is 9.01. The van der Waals surface area contributed by atoms with Crippen molar-refractivity contribution in [2.45, 2.75) is 18.9 Å². The first-order chi connectivity index (χ1) is 8.22. The molecule has 1 fully saturated rings. The zero-order chi connectivity index (χ0) is 11.8. The number of fused-ring (bicyclic) bond motifs is 1. The van der Waals surface area contributed by atoms with Crippen molar-refractivity contribution in [3.8, 4) is 0 Å². The first kappa shape index (κ1) is 10.0. The van der Waals surface area contributed by atoms with E-state index in [1.54, 1.807) is 6.20 Å². The number of aromatic nitrogens is 2. The number of carboxylic acids is 1. The van der Waals surface area contributed by atoms with Crippen LogP contribution in [0.1, 0.15) is 23.2 Å². The van der Waals surface area contributed by atoms with Crippen LogP contribution in [-0.4, -0.2) is 22.0 Å². The molecule has 17 heavy (non-hydrogen) atoms. The zero-order valence-corrected chi connectivity index (χ0v) is 9.01. The molecule has 5 nitrogen and oxygen atoms in total. The van der Waals surface area contributed by atoms with Crippen molar-refractivity contribution in [3.05, 3.63) is 30.1 Å². The van der Waals surface area contributed by atoms with E-state index < -0.39 is 5.97 Å². The van der Waals surface area contributed by atoms with E-state index in [9.17, 15) is 9.90 Å². The third-order valence-corrected chi connectivity index (χ3v) is 2.73. The molecule has 0 saturated heterocycles. The summed E-state index contributed by atoms with van der Waals surface area (Å²) in [5, 5.41) is 14.6. The molecule has 1 N–H and O–H groups in total. The first-order valence-electron chi connectivity index (χ1n) is 5.46. The Morgan fingerprint density at radius 3 is 2.82 bits per heavy atom. The van der Waals surface area contributed by atoms with Gasteiger partial charge in [0, 0.05) is 35.5 Å². The highest BCUT2D eigenvalue weighted by Gasteiger charge is 2.21. The van der Waals surface area contributed by atoms with Gasteiger partial charge in [0.2, 0.25) is 0 Å². The quantitative estimate of drug-likeness (QED) is 0.830. The van der Waals surface area contributed by atoms with E-state index in [0.29, 0.717) is 11.4 Å². The molecule has 1 saturated carbocycles. The lowest BCUT2D eigenvalue weighted by Crippen LogP contribution is -2.22. The van der Waals surface area contributed by atoms with Gasteiger partial charge >= 0.3 is 0 Å². The normalized spacial score (nSPS) is 14.8. The van der Waals surface area contributed by atoms with E-state index in [0.717, 1.165) is 11.3 Å². The van der Waals surface area contributed by atoms with E-state index in [4.69, 9.17) is 0 Å². The maximum Gasteiger partial charge on any atom is 0.128 e. The number of carbonyl (C=O) groups is 1. The molecule has 86 valence electrons. The molecule has 3 rings (SSSR count). The van der Waals surface area contributed by atoms with Crippen molar-refractivity contribution in [2.24, 2.45) is 0 Å². The lowest BCUT2D eigenvalue weighted by atomic mass is 10.2. The lowest BCUT2D eigenvalue weighted by Gasteiger charge is -2.06. The van der Waals surface area contributed by atoms with E-state index >= 15 is 0 Å². The highest BCUT2D eigenvalue weighted by Crippen LogP contribution is 2.24. The Morgan fingerprint density at radius 2 is 2.12 bits per heavy atom. The smallest absolute Gasteiger partial charge is 0.128 e. The molecule has 0 bridgehead atoms. The van der Waals surface area contributed by atoms with Crippen molar-refractivity contribution >= 4 is 22.7 Å². The molecule has 0 unspecified atom stereocenters. The van der Waals surface area contributed by atoms with Crippen LogP contribution >= 0.6 is 0 Å². The largest absolute Gasteiger partial charge is 0.545 e. The number of carbonyl (C=O) groups excluding carboxylic acids is 1. The van der Waals surface area contributed by atoms with E-state index in [1.807, 2.05) is 6.07 Å². The molecule has 1 aliphatic rings. The van der Waals surface area contributed by atoms with Crippen molar-refractivity contribution in [3.63, 3.8) is 0 Å². The van der Waals surface area contributed by atoms with Crippen LogP contribution in [0.15, 0.2) is 24.5 Å². The third kappa shape index (κ3) is 2.04. The Labute approximate surface area is 97.5 Å². The van der Waals surface area contributed by atoms with Crippen LogP contribution in [0.5, 0.6) is 0 Å². The van der Waals surface area contributed by atoms with Crippen molar-refractivity contribution < 1.29 is 9.90 Å². The van der Waals surface area contributed by atoms with Gasteiger partial charge in [-0.1, -0.05) is 0 Å². The van der Waals surface area contributed by atoms with E-state index in [-0.39, 0.29) is 5.56 Å². The summed E-state index contributed by atoms with van der Waals surface area (Å²) in [4.78, 5) is 19.0. The summed E-state index contributed by atoms with van der Waals surface area (Å²) >= 11 is 0. The molecule has 2 heterocycles. The molecule has 0 amide bonds. The molecule has 2 aromatic heterocycles. The maximum atomic E-state index is 10.7. The summed E-state index contributed by atoms with van der Waals surface area (Å²) in [6.07, 6.45) is 5.28. The first-order valence-corrected chi connectivity index (χ1v) is 5.46. The molecular weight excluding hydrogens is 218 g/mol. The fraction of sp³-hybridized carbons (Fsp3) is 0.250. The van der Waals surface area contributed by atoms with E-state index in [1.165, 1.54) is 25.1 Å². The highest BCUT2D eigenvalue weighted by atomic mass is 16.4. The van der Waals surface area contributed by atoms with Gasteiger partial charge in [-0.2, -0.15) is 0 Å². The number of anilines is 1. The second-order valence-electron chi connectivity index (χ2n) is 4.19. The Bertz CT molecular complexity index is 593. The van der Waals surface area contributed by atoms with Crippen molar-refractivity contribution in [1.82, 2.24) is 9.97 Å². The van der Waals surface area contributed by atoms with Gasteiger partial charge in [0.05, 0.1) is 11.5 Å². The summed E-state index contributed by atoms with van der Waals surface area (Å²) in [5.74, 6) is -0.437. The summed E-state index contributed by atoms with van der Waals surface area (Å²) < 4.78 is 0. The minimum absolute atomic E-state index is 0.0715. The van der Waals surface area contributed by atoms with Crippen molar-refractivity contribution in [1.29, 1.82) is 0 Å². The molecule has 5 heteroatoms. The van der Waals surface area contributed by atoms with Gasteiger partial charge in [-0.25, -0.2) is 4.98 Å². The lowest BCUT2D eigenvalue weighted by molar-refractivity contribution is -0.255. The molecule has 0 aromatic carbocycles. The van der Waals surface area contributed by atoms with Crippen molar-refractivity contribution in [2.75, 3.05) is 5.32 Å². The molecule has 2 aromatic rings. The number of rotatable bonds is 3. The predicted molar refractivity (Wildman–Crippen MR) is 60.5 cm³/mol. The van der Waals surface area contributed by atoms with Crippen LogP contribution in [-0.2, 0) is 0 Å². The molecule has 0 atom stereocenters. The van der Waals surface area contributed by atoms with Gasteiger partial charge in [0.25, 0.3) is 0 Å². The van der Waals surface area contributed by atoms with Crippen LogP contribution in [0, 0.1) is 0 Å². The average Bonchev–Trinajstić information content (AvgIpc) is 3.12. The monoisotopic (exact) mass is 228 g/mol. The van der Waals surface area contributed by atoms with Crippen LogP contribution < -0.4 is 10.4 Å². The number of nitrogens with one attached hydrogen (secondary N) is 1. The van der Waals surface area contributed by atoms with Crippen LogP contribution in [0.2, 0.25) is 0 Å². The molecular formula is C12H10N3O2-. The molecule has 0 radical (unpaired) electrons. The van der Waals surface area contributed by atoms with Gasteiger partial charge in [0.15, 0.2) is 0 Å². The second kappa shape index (κ2) is 3.69. The highest BCUT2D eigenvalue weighted by molar-refractivity contribution is 5.91. The minimum Gasteiger partial charge on any atom is -0.545 e. The number of hydrogen-bond acceptors (Lipinski definition) is 5. The summed E-state index contributed by atoms with van der Waals surface area (Å²) in [6.45, 7) is 0. The number of nitrogens with zero attached hydrogens (tertiary/aromatic N) is 2. The van der Waals surface area contributed by atoms with Gasteiger partial charge in [-0.15, -0.1) is 0 Å². The maximum absolute atomic E-state index is 10.7. The standard InChI is InChI=1S/C12H11N3O2/c16-12(17)8-3-7-5-14-11(15-9-1-2-9)4-10(7)13-6-8/h3-6,9H,1-2H2,(H,14,15)(H,16,17)/p-1. The summed E-state index contributed by atoms with van der Waals surface area (Å²) in [7, 11) is 0.